The number of benzene rings is 2. The Morgan fingerprint density at radius 1 is 0.738 bits per heavy atom. The molecule has 0 radical (unpaired) electrons. The summed E-state index contributed by atoms with van der Waals surface area (Å²) in [6.07, 6.45) is -17.3. The summed E-state index contributed by atoms with van der Waals surface area (Å²) in [6.45, 7) is -1.61. The minimum absolute atomic E-state index is 0.0553. The molecule has 228 valence electrons. The van der Waals surface area contributed by atoms with Gasteiger partial charge >= 0.3 is 0 Å². The number of aromatic hydroxyl groups is 3. The van der Waals surface area contributed by atoms with Crippen LogP contribution in [-0.2, 0) is 14.2 Å². The number of phenols is 3. The van der Waals surface area contributed by atoms with Gasteiger partial charge in [0.25, 0.3) is 0 Å². The summed E-state index contributed by atoms with van der Waals surface area (Å²) in [5, 5.41) is 103. The van der Waals surface area contributed by atoms with Crippen LogP contribution in [-0.4, -0.2) is 119 Å². The summed E-state index contributed by atoms with van der Waals surface area (Å²) in [7, 11) is 0. The number of aliphatic hydroxyl groups excluding tert-OH is 7. The van der Waals surface area contributed by atoms with Crippen molar-refractivity contribution in [2.75, 3.05) is 13.2 Å². The highest BCUT2D eigenvalue weighted by atomic mass is 16.7. The van der Waals surface area contributed by atoms with Crippen LogP contribution < -0.4 is 5.43 Å². The van der Waals surface area contributed by atoms with Crippen molar-refractivity contribution in [3.63, 3.8) is 0 Å². The van der Waals surface area contributed by atoms with Gasteiger partial charge in [0.1, 0.15) is 83.3 Å². The highest BCUT2D eigenvalue weighted by Gasteiger charge is 2.52. The van der Waals surface area contributed by atoms with E-state index in [1.54, 1.807) is 0 Å². The average Bonchev–Trinajstić information content (AvgIpc) is 2.96. The molecule has 2 aliphatic heterocycles. The maximum absolute atomic E-state index is 13.1. The van der Waals surface area contributed by atoms with Gasteiger partial charge < -0.3 is 69.7 Å². The molecule has 3 aromatic rings. The van der Waals surface area contributed by atoms with E-state index in [0.717, 1.165) is 12.1 Å². The van der Waals surface area contributed by atoms with Crippen LogP contribution in [0, 0.1) is 0 Å². The van der Waals surface area contributed by atoms with Crippen molar-refractivity contribution in [1.82, 2.24) is 0 Å². The minimum Gasteiger partial charge on any atom is -0.508 e. The zero-order chi connectivity index (χ0) is 30.5. The third kappa shape index (κ3) is 5.20. The maximum atomic E-state index is 13.1. The lowest BCUT2D eigenvalue weighted by Gasteiger charge is -2.46. The Labute approximate surface area is 236 Å². The number of rotatable bonds is 6. The molecule has 0 aliphatic carbocycles. The number of aliphatic hydroxyl groups is 7. The highest BCUT2D eigenvalue weighted by molar-refractivity contribution is 5.89. The predicted octanol–water partition coefficient (Wildman–Crippen LogP) is -2.08. The number of hydrogen-bond acceptors (Lipinski definition) is 15. The van der Waals surface area contributed by atoms with Crippen molar-refractivity contribution in [3.8, 4) is 28.6 Å². The van der Waals surface area contributed by atoms with Crippen LogP contribution in [0.2, 0.25) is 0 Å². The van der Waals surface area contributed by atoms with Gasteiger partial charge in [0.15, 0.2) is 17.3 Å². The normalized spacial score (nSPS) is 33.6. The average molecular weight is 595 g/mol. The summed E-state index contributed by atoms with van der Waals surface area (Å²) < 4.78 is 22.9. The second-order valence-electron chi connectivity index (χ2n) is 10.1. The molecule has 0 saturated carbocycles. The minimum atomic E-state index is -1.92. The molecule has 0 bridgehead atoms. The molecule has 3 heterocycles. The Bertz CT molecular complexity index is 1470. The fourth-order valence-electron chi connectivity index (χ4n) is 5.17. The highest BCUT2D eigenvalue weighted by Crippen LogP contribution is 2.45. The lowest BCUT2D eigenvalue weighted by Crippen LogP contribution is -2.62. The molecule has 10 N–H and O–H groups in total. The molecule has 0 amide bonds. The van der Waals surface area contributed by atoms with Crippen molar-refractivity contribution in [2.45, 2.75) is 61.2 Å². The van der Waals surface area contributed by atoms with Gasteiger partial charge in [-0.15, -0.1) is 0 Å². The van der Waals surface area contributed by atoms with Gasteiger partial charge in [-0.1, -0.05) is 0 Å². The topological polar surface area (TPSA) is 260 Å². The van der Waals surface area contributed by atoms with Gasteiger partial charge in [-0.3, -0.25) is 4.79 Å². The van der Waals surface area contributed by atoms with E-state index in [1.807, 2.05) is 0 Å². The first-order chi connectivity index (χ1) is 20.0. The Balaban J connectivity index is 1.66. The monoisotopic (exact) mass is 594 g/mol. The number of fused-ring (bicyclic) bond motifs is 1. The standard InChI is InChI=1S/C27H30O15/c28-7-15-20(35)22(37)26(42-27-23(38)21(36)19(34)16(8-29)41-27)25(40-15)18-12(32)5-11(31)17-13(33)6-14(39-24(17)18)9-1-3-10(30)4-2-9/h1-6,15-16,19-23,25-32,34-38H,7-8H2/t15-,16+,19+,20+,21-,22+,23+,25+,26-,27-/m1/s1. The van der Waals surface area contributed by atoms with E-state index >= 15 is 0 Å². The first kappa shape index (κ1) is 30.1. The summed E-state index contributed by atoms with van der Waals surface area (Å²) in [6, 6.07) is 7.41. The first-order valence-electron chi connectivity index (χ1n) is 12.9. The molecule has 0 spiro atoms. The van der Waals surface area contributed by atoms with Crippen molar-refractivity contribution in [2.24, 2.45) is 0 Å². The summed E-state index contributed by atoms with van der Waals surface area (Å²) >= 11 is 0. The number of phenolic OH excluding ortho intramolecular Hbond substituents is 3. The lowest BCUT2D eigenvalue weighted by atomic mass is 9.89. The molecule has 2 aliphatic rings. The van der Waals surface area contributed by atoms with E-state index in [-0.39, 0.29) is 17.1 Å². The molecular formula is C27H30O15. The molecule has 2 fully saturated rings. The quantitative estimate of drug-likeness (QED) is 0.147. The van der Waals surface area contributed by atoms with Gasteiger partial charge in [0.2, 0.25) is 0 Å². The fourth-order valence-corrected chi connectivity index (χ4v) is 5.17. The van der Waals surface area contributed by atoms with E-state index in [0.29, 0.717) is 5.56 Å². The van der Waals surface area contributed by atoms with Crippen LogP contribution in [0.3, 0.4) is 0 Å². The third-order valence-electron chi connectivity index (χ3n) is 7.44. The van der Waals surface area contributed by atoms with E-state index in [9.17, 15) is 55.9 Å². The number of ether oxygens (including phenoxy) is 3. The molecular weight excluding hydrogens is 564 g/mol. The van der Waals surface area contributed by atoms with Crippen LogP contribution in [0.15, 0.2) is 45.6 Å². The second kappa shape index (κ2) is 11.7. The van der Waals surface area contributed by atoms with Gasteiger partial charge in [-0.05, 0) is 24.3 Å². The van der Waals surface area contributed by atoms with Crippen molar-refractivity contribution in [3.05, 3.63) is 52.2 Å². The van der Waals surface area contributed by atoms with Gasteiger partial charge in [0.05, 0.1) is 18.8 Å². The van der Waals surface area contributed by atoms with Crippen LogP contribution in [0.25, 0.3) is 22.3 Å². The maximum Gasteiger partial charge on any atom is 0.197 e. The van der Waals surface area contributed by atoms with E-state index in [4.69, 9.17) is 18.6 Å². The molecule has 5 rings (SSSR count). The SMILES string of the molecule is O=c1cc(-c2ccc(O)cc2)oc2c([C@@H]3O[C@H](CO)[C@H](O)[C@H](O)[C@H]3O[C@H]3O[C@@H](CO)[C@H](O)[C@@H](O)[C@@H]3O)c(O)cc(O)c12. The Morgan fingerprint density at radius 2 is 1.36 bits per heavy atom. The van der Waals surface area contributed by atoms with Crippen LogP contribution in [0.4, 0.5) is 0 Å². The summed E-state index contributed by atoms with van der Waals surface area (Å²) in [5.74, 6) is -1.50. The predicted molar refractivity (Wildman–Crippen MR) is 138 cm³/mol. The molecule has 0 unspecified atom stereocenters. The fraction of sp³-hybridized carbons (Fsp3) is 0.444. The van der Waals surface area contributed by atoms with Crippen LogP contribution >= 0.6 is 0 Å². The van der Waals surface area contributed by atoms with Crippen LogP contribution in [0.1, 0.15) is 11.7 Å². The third-order valence-corrected chi connectivity index (χ3v) is 7.44. The molecule has 2 saturated heterocycles. The molecule has 2 aromatic carbocycles. The molecule has 42 heavy (non-hydrogen) atoms. The largest absolute Gasteiger partial charge is 0.508 e. The molecule has 10 atom stereocenters. The van der Waals surface area contributed by atoms with E-state index in [2.05, 4.69) is 0 Å². The molecule has 15 heteroatoms. The van der Waals surface area contributed by atoms with Crippen LogP contribution in [0.5, 0.6) is 17.2 Å². The van der Waals surface area contributed by atoms with Crippen molar-refractivity contribution in [1.29, 1.82) is 0 Å². The van der Waals surface area contributed by atoms with Gasteiger partial charge in [-0.2, -0.15) is 0 Å². The zero-order valence-corrected chi connectivity index (χ0v) is 21.7. The smallest absolute Gasteiger partial charge is 0.197 e. The van der Waals surface area contributed by atoms with Crippen molar-refractivity contribution < 1.29 is 69.7 Å². The Hall–Kier alpha value is -3.35. The molecule has 15 nitrogen and oxygen atoms in total. The molecule has 1 aromatic heterocycles. The second-order valence-corrected chi connectivity index (χ2v) is 10.1. The Morgan fingerprint density at radius 3 is 2.00 bits per heavy atom. The van der Waals surface area contributed by atoms with Crippen molar-refractivity contribution >= 4 is 11.0 Å². The van der Waals surface area contributed by atoms with E-state index < -0.39 is 102 Å². The first-order valence-corrected chi connectivity index (χ1v) is 12.9. The van der Waals surface area contributed by atoms with E-state index in [1.165, 1.54) is 24.3 Å². The summed E-state index contributed by atoms with van der Waals surface area (Å²) in [5.41, 5.74) is -1.21. The lowest BCUT2D eigenvalue weighted by molar-refractivity contribution is -0.342. The Kier molecular flexibility index (Phi) is 8.41. The van der Waals surface area contributed by atoms with Gasteiger partial charge in [-0.25, -0.2) is 0 Å². The summed E-state index contributed by atoms with van der Waals surface area (Å²) in [4.78, 5) is 13.1. The van der Waals surface area contributed by atoms with Gasteiger partial charge in [0, 0.05) is 17.7 Å². The zero-order valence-electron chi connectivity index (χ0n) is 21.7. The number of hydrogen-bond donors (Lipinski definition) is 10.